The monoisotopic (exact) mass is 448 g/mol. The summed E-state index contributed by atoms with van der Waals surface area (Å²) >= 11 is 4.41. The van der Waals surface area contributed by atoms with Crippen LogP contribution in [0.25, 0.3) is 0 Å². The van der Waals surface area contributed by atoms with E-state index >= 15 is 0 Å². The van der Waals surface area contributed by atoms with Crippen molar-refractivity contribution in [1.29, 1.82) is 0 Å². The molecule has 3 N–H and O–H groups in total. The van der Waals surface area contributed by atoms with Gasteiger partial charge in [0.25, 0.3) is 5.91 Å². The van der Waals surface area contributed by atoms with Crippen LogP contribution in [0.5, 0.6) is 0 Å². The number of nitrogens with one attached hydrogen (secondary N) is 3. The van der Waals surface area contributed by atoms with E-state index in [-0.39, 0.29) is 11.0 Å². The number of carbonyl (C=O) groups is 2. The van der Waals surface area contributed by atoms with Gasteiger partial charge < -0.3 is 10.6 Å². The zero-order valence-corrected chi connectivity index (χ0v) is 16.4. The Morgan fingerprint density at radius 3 is 2.48 bits per heavy atom. The molecule has 1 aromatic heterocycles. The van der Waals surface area contributed by atoms with Gasteiger partial charge in [0.05, 0.1) is 5.69 Å². The Morgan fingerprint density at radius 2 is 1.78 bits per heavy atom. The molecule has 27 heavy (non-hydrogen) atoms. The lowest BCUT2D eigenvalue weighted by Gasteiger charge is -2.05. The summed E-state index contributed by atoms with van der Waals surface area (Å²) in [5.74, 6) is -0.701. The Labute approximate surface area is 167 Å². The maximum Gasteiger partial charge on any atom is 0.325 e. The van der Waals surface area contributed by atoms with Gasteiger partial charge in [0.1, 0.15) is 10.7 Å². The van der Waals surface area contributed by atoms with E-state index in [4.69, 9.17) is 0 Å². The van der Waals surface area contributed by atoms with Gasteiger partial charge in [0.15, 0.2) is 5.13 Å². The molecule has 0 atom stereocenters. The molecule has 0 aliphatic rings. The van der Waals surface area contributed by atoms with Gasteiger partial charge in [-0.15, -0.1) is 0 Å². The van der Waals surface area contributed by atoms with E-state index in [2.05, 4.69) is 36.9 Å². The van der Waals surface area contributed by atoms with Gasteiger partial charge in [-0.25, -0.2) is 14.2 Å². The lowest BCUT2D eigenvalue weighted by Crippen LogP contribution is -2.19. The molecule has 3 amide bonds. The molecule has 0 bridgehead atoms. The Hall–Kier alpha value is -2.78. The summed E-state index contributed by atoms with van der Waals surface area (Å²) in [6.07, 6.45) is 0. The van der Waals surface area contributed by atoms with Gasteiger partial charge in [-0.3, -0.25) is 10.1 Å². The minimum Gasteiger partial charge on any atom is -0.321 e. The highest BCUT2D eigenvalue weighted by atomic mass is 79.9. The summed E-state index contributed by atoms with van der Waals surface area (Å²) in [5.41, 5.74) is 1.59. The van der Waals surface area contributed by atoms with E-state index in [0.717, 1.165) is 15.8 Å². The molecular weight excluding hydrogens is 435 g/mol. The Bertz CT molecular complexity index is 991. The number of thiazole rings is 1. The quantitative estimate of drug-likeness (QED) is 0.509. The predicted octanol–water partition coefficient (Wildman–Crippen LogP) is 5.25. The van der Waals surface area contributed by atoms with E-state index < -0.39 is 11.8 Å². The van der Waals surface area contributed by atoms with Crippen LogP contribution in [-0.2, 0) is 0 Å². The molecule has 0 unspecified atom stereocenters. The van der Waals surface area contributed by atoms with Crippen LogP contribution >= 0.6 is 27.3 Å². The van der Waals surface area contributed by atoms with E-state index in [1.54, 1.807) is 19.1 Å². The molecule has 0 saturated carbocycles. The highest BCUT2D eigenvalue weighted by molar-refractivity contribution is 9.10. The van der Waals surface area contributed by atoms with Crippen LogP contribution in [0, 0.1) is 12.7 Å². The van der Waals surface area contributed by atoms with Crippen LogP contribution in [0.3, 0.4) is 0 Å². The number of hydrogen-bond acceptors (Lipinski definition) is 4. The fourth-order valence-electron chi connectivity index (χ4n) is 2.21. The lowest BCUT2D eigenvalue weighted by atomic mass is 10.3. The van der Waals surface area contributed by atoms with E-state index in [1.807, 2.05) is 12.1 Å². The van der Waals surface area contributed by atoms with Gasteiger partial charge in [-0.2, -0.15) is 0 Å². The van der Waals surface area contributed by atoms with Crippen LogP contribution in [0.4, 0.5) is 25.7 Å². The van der Waals surface area contributed by atoms with Crippen LogP contribution in [0.15, 0.2) is 53.0 Å². The summed E-state index contributed by atoms with van der Waals surface area (Å²) in [4.78, 5) is 29.1. The predicted molar refractivity (Wildman–Crippen MR) is 108 cm³/mol. The number of aromatic nitrogens is 1. The number of rotatable bonds is 4. The first-order chi connectivity index (χ1) is 12.9. The van der Waals surface area contributed by atoms with Gasteiger partial charge in [0.2, 0.25) is 0 Å². The molecule has 6 nitrogen and oxygen atoms in total. The smallest absolute Gasteiger partial charge is 0.321 e. The second-order valence-corrected chi connectivity index (χ2v) is 7.40. The highest BCUT2D eigenvalue weighted by Crippen LogP contribution is 2.24. The van der Waals surface area contributed by atoms with Crippen molar-refractivity contribution in [1.82, 2.24) is 4.98 Å². The molecule has 0 saturated heterocycles. The summed E-state index contributed by atoms with van der Waals surface area (Å²) in [6.45, 7) is 1.69. The molecule has 1 heterocycles. The van der Waals surface area contributed by atoms with Crippen molar-refractivity contribution in [3.05, 3.63) is 69.4 Å². The van der Waals surface area contributed by atoms with Crippen molar-refractivity contribution < 1.29 is 14.0 Å². The molecule has 0 radical (unpaired) electrons. The first kappa shape index (κ1) is 19.0. The largest absolute Gasteiger partial charge is 0.325 e. The van der Waals surface area contributed by atoms with Crippen LogP contribution in [0.1, 0.15) is 15.4 Å². The second-order valence-electron chi connectivity index (χ2n) is 5.48. The van der Waals surface area contributed by atoms with Crippen LogP contribution < -0.4 is 16.0 Å². The Morgan fingerprint density at radius 1 is 1.04 bits per heavy atom. The third kappa shape index (κ3) is 5.11. The van der Waals surface area contributed by atoms with Crippen LogP contribution in [-0.4, -0.2) is 16.9 Å². The molecule has 9 heteroatoms. The molecule has 0 aliphatic heterocycles. The number of amides is 3. The molecular formula is C18H14BrFN4O2S. The summed E-state index contributed by atoms with van der Waals surface area (Å²) in [7, 11) is 0. The van der Waals surface area contributed by atoms with E-state index in [1.165, 1.54) is 24.3 Å². The fourth-order valence-corrected chi connectivity index (χ4v) is 3.46. The first-order valence-electron chi connectivity index (χ1n) is 7.78. The fraction of sp³-hybridized carbons (Fsp3) is 0.0556. The van der Waals surface area contributed by atoms with Gasteiger partial charge in [-0.1, -0.05) is 33.3 Å². The van der Waals surface area contributed by atoms with E-state index in [9.17, 15) is 14.0 Å². The minimum atomic E-state index is -0.533. The molecule has 0 fully saturated rings. The normalized spacial score (nSPS) is 10.3. The summed E-state index contributed by atoms with van der Waals surface area (Å²) in [6, 6.07) is 12.1. The number of anilines is 3. The standard InChI is InChI=1S/C18H14BrFN4O2S/c1-10-15(16(25)22-14-4-2-3-11(19)9-14)27-18(21-10)24-17(26)23-13-7-5-12(20)6-8-13/h2-9H,1H3,(H,22,25)(H2,21,23,24,26). The maximum atomic E-state index is 12.9. The summed E-state index contributed by atoms with van der Waals surface area (Å²) in [5, 5.41) is 8.21. The van der Waals surface area contributed by atoms with Crippen molar-refractivity contribution in [3.8, 4) is 0 Å². The zero-order chi connectivity index (χ0) is 19.4. The van der Waals surface area contributed by atoms with Crippen molar-refractivity contribution in [2.24, 2.45) is 0 Å². The maximum absolute atomic E-state index is 12.9. The van der Waals surface area contributed by atoms with Crippen molar-refractivity contribution in [3.63, 3.8) is 0 Å². The summed E-state index contributed by atoms with van der Waals surface area (Å²) < 4.78 is 13.7. The number of urea groups is 1. The number of benzene rings is 2. The number of hydrogen-bond donors (Lipinski definition) is 3. The highest BCUT2D eigenvalue weighted by Gasteiger charge is 2.17. The molecule has 2 aromatic carbocycles. The van der Waals surface area contributed by atoms with Crippen LogP contribution in [0.2, 0.25) is 0 Å². The zero-order valence-electron chi connectivity index (χ0n) is 14.0. The lowest BCUT2D eigenvalue weighted by molar-refractivity contribution is 0.103. The van der Waals surface area contributed by atoms with Gasteiger partial charge in [0, 0.05) is 15.8 Å². The van der Waals surface area contributed by atoms with Gasteiger partial charge >= 0.3 is 6.03 Å². The topological polar surface area (TPSA) is 83.1 Å². The number of aryl methyl sites for hydroxylation is 1. The third-order valence-electron chi connectivity index (χ3n) is 3.41. The minimum absolute atomic E-state index is 0.284. The van der Waals surface area contributed by atoms with Crippen molar-refractivity contribution in [2.45, 2.75) is 6.92 Å². The van der Waals surface area contributed by atoms with E-state index in [0.29, 0.717) is 21.9 Å². The second kappa shape index (κ2) is 8.28. The Kier molecular flexibility index (Phi) is 5.82. The number of halogens is 2. The molecule has 0 spiro atoms. The first-order valence-corrected chi connectivity index (χ1v) is 9.39. The molecule has 138 valence electrons. The average molecular weight is 449 g/mol. The molecule has 3 aromatic rings. The van der Waals surface area contributed by atoms with Crippen molar-refractivity contribution >= 4 is 55.7 Å². The number of nitrogens with zero attached hydrogens (tertiary/aromatic N) is 1. The van der Waals surface area contributed by atoms with Crippen molar-refractivity contribution in [2.75, 3.05) is 16.0 Å². The third-order valence-corrected chi connectivity index (χ3v) is 4.97. The average Bonchev–Trinajstić information content (AvgIpc) is 2.97. The SMILES string of the molecule is Cc1nc(NC(=O)Nc2ccc(F)cc2)sc1C(=O)Nc1cccc(Br)c1. The Balaban J connectivity index is 1.65. The number of carbonyl (C=O) groups excluding carboxylic acids is 2. The molecule has 3 rings (SSSR count). The molecule has 0 aliphatic carbocycles. The van der Waals surface area contributed by atoms with Gasteiger partial charge in [-0.05, 0) is 49.4 Å².